The maximum absolute atomic E-state index is 12.7. The third-order valence-corrected chi connectivity index (χ3v) is 6.10. The Hall–Kier alpha value is -2.97. The van der Waals surface area contributed by atoms with E-state index in [0.717, 1.165) is 16.7 Å². The van der Waals surface area contributed by atoms with Crippen LogP contribution in [0.3, 0.4) is 0 Å². The molecule has 0 radical (unpaired) electrons. The van der Waals surface area contributed by atoms with E-state index in [9.17, 15) is 19.5 Å². The van der Waals surface area contributed by atoms with Crippen LogP contribution in [0.1, 0.15) is 23.1 Å². The molecule has 0 aliphatic carbocycles. The van der Waals surface area contributed by atoms with Gasteiger partial charge in [-0.3, -0.25) is 14.5 Å². The number of hydrogen-bond acceptors (Lipinski definition) is 5. The topological polar surface area (TPSA) is 86.7 Å². The van der Waals surface area contributed by atoms with Crippen LogP contribution < -0.4 is 5.32 Å². The van der Waals surface area contributed by atoms with E-state index in [1.165, 1.54) is 16.7 Å². The minimum Gasteiger partial charge on any atom is -0.480 e. The predicted octanol–water partition coefficient (Wildman–Crippen LogP) is 3.40. The van der Waals surface area contributed by atoms with E-state index < -0.39 is 17.9 Å². The third-order valence-electron chi connectivity index (χ3n) is 4.73. The van der Waals surface area contributed by atoms with Crippen LogP contribution in [0.4, 0.5) is 0 Å². The molecule has 1 fully saturated rings. The second-order valence-corrected chi connectivity index (χ2v) is 8.82. The predicted molar refractivity (Wildman–Crippen MR) is 125 cm³/mol. The van der Waals surface area contributed by atoms with Gasteiger partial charge in [0.15, 0.2) is 0 Å². The van der Waals surface area contributed by atoms with Crippen molar-refractivity contribution in [3.8, 4) is 0 Å². The summed E-state index contributed by atoms with van der Waals surface area (Å²) in [5, 5.41) is 12.0. The van der Waals surface area contributed by atoms with Crippen molar-refractivity contribution in [2.45, 2.75) is 25.8 Å². The maximum atomic E-state index is 12.7. The molecule has 3 rings (SSSR count). The summed E-state index contributed by atoms with van der Waals surface area (Å²) in [7, 11) is 0. The molecule has 1 aliphatic heterocycles. The molecule has 1 saturated heterocycles. The van der Waals surface area contributed by atoms with Gasteiger partial charge in [-0.15, -0.1) is 0 Å². The van der Waals surface area contributed by atoms with Crippen LogP contribution in [-0.4, -0.2) is 44.7 Å². The number of carbonyl (C=O) groups excluding carboxylic acids is 2. The highest BCUT2D eigenvalue weighted by Crippen LogP contribution is 2.32. The Morgan fingerprint density at radius 2 is 1.84 bits per heavy atom. The van der Waals surface area contributed by atoms with Crippen molar-refractivity contribution < 1.29 is 19.5 Å². The van der Waals surface area contributed by atoms with E-state index in [1.54, 1.807) is 6.08 Å². The zero-order chi connectivity index (χ0) is 22.4. The highest BCUT2D eigenvalue weighted by Gasteiger charge is 2.32. The molecule has 0 saturated carbocycles. The van der Waals surface area contributed by atoms with Gasteiger partial charge in [-0.2, -0.15) is 0 Å². The van der Waals surface area contributed by atoms with Crippen molar-refractivity contribution in [2.24, 2.45) is 0 Å². The van der Waals surface area contributed by atoms with Crippen LogP contribution in [0.5, 0.6) is 0 Å². The molecular formula is C23H22N2O4S2. The van der Waals surface area contributed by atoms with Crippen molar-refractivity contribution in [1.29, 1.82) is 0 Å². The van der Waals surface area contributed by atoms with E-state index in [2.05, 4.69) is 5.32 Å². The fourth-order valence-electron chi connectivity index (χ4n) is 3.04. The minimum absolute atomic E-state index is 0.0389. The molecule has 0 bridgehead atoms. The molecule has 2 N–H and O–H groups in total. The lowest BCUT2D eigenvalue weighted by atomic mass is 10.1. The van der Waals surface area contributed by atoms with Crippen molar-refractivity contribution in [3.05, 3.63) is 76.2 Å². The van der Waals surface area contributed by atoms with Crippen LogP contribution in [0.15, 0.2) is 59.5 Å². The number of amides is 2. The Morgan fingerprint density at radius 1 is 1.16 bits per heavy atom. The van der Waals surface area contributed by atoms with Gasteiger partial charge in [0.1, 0.15) is 10.4 Å². The fraction of sp³-hybridized carbons (Fsp3) is 0.217. The summed E-state index contributed by atoms with van der Waals surface area (Å²) in [6.45, 7) is 2.09. The fourth-order valence-corrected chi connectivity index (χ4v) is 4.35. The van der Waals surface area contributed by atoms with E-state index in [0.29, 0.717) is 9.23 Å². The molecule has 6 nitrogen and oxygen atoms in total. The molecule has 2 amide bonds. The molecule has 1 aliphatic rings. The van der Waals surface area contributed by atoms with Crippen molar-refractivity contribution >= 4 is 52.2 Å². The number of aryl methyl sites for hydroxylation is 1. The van der Waals surface area contributed by atoms with E-state index >= 15 is 0 Å². The van der Waals surface area contributed by atoms with Crippen LogP contribution in [0, 0.1) is 6.92 Å². The highest BCUT2D eigenvalue weighted by atomic mass is 32.2. The van der Waals surface area contributed by atoms with Gasteiger partial charge in [-0.25, -0.2) is 4.79 Å². The lowest BCUT2D eigenvalue weighted by Crippen LogP contribution is -2.43. The van der Waals surface area contributed by atoms with Gasteiger partial charge in [0.25, 0.3) is 5.91 Å². The number of benzene rings is 2. The van der Waals surface area contributed by atoms with Gasteiger partial charge in [-0.1, -0.05) is 84.1 Å². The Kier molecular flexibility index (Phi) is 7.59. The SMILES string of the molecule is Cc1ccc(/C=C2/SC(=S)N(CCC(=O)N[C@H](Cc3ccccc3)C(=O)O)C2=O)cc1. The van der Waals surface area contributed by atoms with Gasteiger partial charge in [0, 0.05) is 19.4 Å². The van der Waals surface area contributed by atoms with Gasteiger partial charge in [0.2, 0.25) is 5.91 Å². The maximum Gasteiger partial charge on any atom is 0.326 e. The van der Waals surface area contributed by atoms with Crippen molar-refractivity contribution in [3.63, 3.8) is 0 Å². The van der Waals surface area contributed by atoms with Gasteiger partial charge < -0.3 is 10.4 Å². The third kappa shape index (κ3) is 6.26. The van der Waals surface area contributed by atoms with Crippen molar-refractivity contribution in [2.75, 3.05) is 6.54 Å². The molecule has 0 aromatic heterocycles. The molecule has 160 valence electrons. The molecule has 0 unspecified atom stereocenters. The first-order valence-electron chi connectivity index (χ1n) is 9.71. The Morgan fingerprint density at radius 3 is 2.48 bits per heavy atom. The summed E-state index contributed by atoms with van der Waals surface area (Å²) in [6, 6.07) is 15.8. The molecule has 1 heterocycles. The lowest BCUT2D eigenvalue weighted by Gasteiger charge is -2.17. The standard InChI is InChI=1S/C23H22N2O4S2/c1-15-7-9-17(10-8-15)14-19-21(27)25(23(30)31-19)12-11-20(26)24-18(22(28)29)13-16-5-3-2-4-6-16/h2-10,14,18H,11-13H2,1H3,(H,24,26)(H,28,29)/b19-14+/t18-/m1/s1. The highest BCUT2D eigenvalue weighted by molar-refractivity contribution is 8.26. The van der Waals surface area contributed by atoms with Gasteiger partial charge in [-0.05, 0) is 24.1 Å². The molecule has 8 heteroatoms. The van der Waals surface area contributed by atoms with Crippen LogP contribution in [0.25, 0.3) is 6.08 Å². The summed E-state index contributed by atoms with van der Waals surface area (Å²) in [5.41, 5.74) is 2.84. The number of rotatable bonds is 8. The van der Waals surface area contributed by atoms with Crippen LogP contribution in [0.2, 0.25) is 0 Å². The summed E-state index contributed by atoms with van der Waals surface area (Å²) < 4.78 is 0.384. The number of aliphatic carboxylic acids is 1. The normalized spacial score (nSPS) is 15.9. The molecule has 31 heavy (non-hydrogen) atoms. The summed E-state index contributed by atoms with van der Waals surface area (Å²) in [6.07, 6.45) is 1.92. The monoisotopic (exact) mass is 454 g/mol. The first-order chi connectivity index (χ1) is 14.8. The summed E-state index contributed by atoms with van der Waals surface area (Å²) in [4.78, 5) is 38.5. The summed E-state index contributed by atoms with van der Waals surface area (Å²) >= 11 is 6.50. The largest absolute Gasteiger partial charge is 0.480 e. The summed E-state index contributed by atoms with van der Waals surface area (Å²) in [5.74, 6) is -1.80. The second kappa shape index (κ2) is 10.4. The van der Waals surface area contributed by atoms with E-state index in [1.807, 2.05) is 61.5 Å². The zero-order valence-electron chi connectivity index (χ0n) is 16.9. The molecule has 2 aromatic rings. The molecular weight excluding hydrogens is 432 g/mol. The number of hydrogen-bond donors (Lipinski definition) is 2. The van der Waals surface area contributed by atoms with E-state index in [4.69, 9.17) is 12.2 Å². The van der Waals surface area contributed by atoms with Crippen LogP contribution >= 0.6 is 24.0 Å². The molecule has 0 spiro atoms. The number of thiocarbonyl (C=S) groups is 1. The quantitative estimate of drug-likeness (QED) is 0.470. The lowest BCUT2D eigenvalue weighted by molar-refractivity contribution is -0.141. The Balaban J connectivity index is 1.57. The first-order valence-corrected chi connectivity index (χ1v) is 10.9. The number of nitrogens with one attached hydrogen (secondary N) is 1. The Labute approximate surface area is 190 Å². The van der Waals surface area contributed by atoms with E-state index in [-0.39, 0.29) is 25.3 Å². The van der Waals surface area contributed by atoms with Crippen LogP contribution in [-0.2, 0) is 20.8 Å². The smallest absolute Gasteiger partial charge is 0.326 e. The Bertz CT molecular complexity index is 1020. The minimum atomic E-state index is -1.11. The molecule has 2 aromatic carbocycles. The average Bonchev–Trinajstić information content (AvgIpc) is 3.01. The van der Waals surface area contributed by atoms with Gasteiger partial charge >= 0.3 is 5.97 Å². The van der Waals surface area contributed by atoms with Crippen molar-refractivity contribution in [1.82, 2.24) is 10.2 Å². The molecule has 1 atom stereocenters. The number of carboxylic acids is 1. The number of carbonyl (C=O) groups is 3. The zero-order valence-corrected chi connectivity index (χ0v) is 18.5. The van der Waals surface area contributed by atoms with Gasteiger partial charge in [0.05, 0.1) is 4.91 Å². The average molecular weight is 455 g/mol. The number of thioether (sulfide) groups is 1. The number of carboxylic acid groups (broad SMARTS) is 1. The number of nitrogens with zero attached hydrogens (tertiary/aromatic N) is 1. The first kappa shape index (κ1) is 22.7. The second-order valence-electron chi connectivity index (χ2n) is 7.14.